The number of benzene rings is 3. The first kappa shape index (κ1) is 19.5. The van der Waals surface area contributed by atoms with Crippen LogP contribution in [0, 0.1) is 11.7 Å². The molecule has 2 N–H and O–H groups in total. The molecule has 0 aliphatic rings. The van der Waals surface area contributed by atoms with E-state index in [1.54, 1.807) is 0 Å². The summed E-state index contributed by atoms with van der Waals surface area (Å²) < 4.78 is 13.0. The van der Waals surface area contributed by atoms with E-state index >= 15 is 0 Å². The Morgan fingerprint density at radius 3 is 2.29 bits per heavy atom. The maximum Gasteiger partial charge on any atom is 0.247 e. The predicted molar refractivity (Wildman–Crippen MR) is 109 cm³/mol. The highest BCUT2D eigenvalue weighted by molar-refractivity contribution is 5.97. The second kappa shape index (κ2) is 8.65. The van der Waals surface area contributed by atoms with Gasteiger partial charge in [-0.25, -0.2) is 4.39 Å². The molecular formula is C23H23FN2O2. The number of anilines is 1. The Morgan fingerprint density at radius 2 is 1.61 bits per heavy atom. The summed E-state index contributed by atoms with van der Waals surface area (Å²) in [5, 5.41) is 7.73. The third kappa shape index (κ3) is 4.94. The second-order valence-corrected chi connectivity index (χ2v) is 7.14. The minimum absolute atomic E-state index is 0.0963. The fourth-order valence-electron chi connectivity index (χ4n) is 3.05. The van der Waals surface area contributed by atoms with Gasteiger partial charge in [0.25, 0.3) is 0 Å². The summed E-state index contributed by atoms with van der Waals surface area (Å²) in [6.07, 6.45) is 0.192. The number of amides is 2. The molecule has 3 aromatic carbocycles. The van der Waals surface area contributed by atoms with Gasteiger partial charge in [0.05, 0.1) is 6.42 Å². The largest absolute Gasteiger partial charge is 0.344 e. The lowest BCUT2D eigenvalue weighted by atomic mass is 10.0. The van der Waals surface area contributed by atoms with Gasteiger partial charge in [-0.2, -0.15) is 0 Å². The predicted octanol–water partition coefficient (Wildman–Crippen LogP) is 4.30. The van der Waals surface area contributed by atoms with Crippen molar-refractivity contribution in [1.29, 1.82) is 0 Å². The van der Waals surface area contributed by atoms with Crippen LogP contribution in [-0.2, 0) is 16.0 Å². The molecule has 5 heteroatoms. The van der Waals surface area contributed by atoms with Crippen LogP contribution in [0.3, 0.4) is 0 Å². The van der Waals surface area contributed by atoms with Crippen molar-refractivity contribution in [2.24, 2.45) is 5.92 Å². The second-order valence-electron chi connectivity index (χ2n) is 7.14. The number of fused-ring (bicyclic) bond motifs is 1. The fraction of sp³-hybridized carbons (Fsp3) is 0.217. The number of hydrogen-bond donors (Lipinski definition) is 2. The van der Waals surface area contributed by atoms with E-state index in [-0.39, 0.29) is 30.0 Å². The zero-order valence-corrected chi connectivity index (χ0v) is 15.9. The lowest BCUT2D eigenvalue weighted by Gasteiger charge is -2.22. The van der Waals surface area contributed by atoms with Gasteiger partial charge in [-0.05, 0) is 46.5 Å². The number of rotatable bonds is 6. The summed E-state index contributed by atoms with van der Waals surface area (Å²) in [5.41, 5.74) is 1.37. The van der Waals surface area contributed by atoms with E-state index in [9.17, 15) is 14.0 Å². The van der Waals surface area contributed by atoms with Crippen molar-refractivity contribution in [3.05, 3.63) is 78.1 Å². The number of carbonyl (C=O) groups excluding carboxylic acids is 2. The first-order valence-electron chi connectivity index (χ1n) is 9.26. The molecule has 0 heterocycles. The molecule has 1 unspecified atom stereocenters. The van der Waals surface area contributed by atoms with Crippen molar-refractivity contribution < 1.29 is 14.0 Å². The Morgan fingerprint density at radius 1 is 0.929 bits per heavy atom. The Bertz CT molecular complexity index is 983. The minimum atomic E-state index is -0.682. The van der Waals surface area contributed by atoms with E-state index in [4.69, 9.17) is 0 Å². The summed E-state index contributed by atoms with van der Waals surface area (Å²) in [6.45, 7) is 3.73. The molecule has 3 rings (SSSR count). The number of carbonyl (C=O) groups is 2. The van der Waals surface area contributed by atoms with Gasteiger partial charge in [-0.1, -0.05) is 56.3 Å². The standard InChI is InChI=1S/C23H23FN2O2/c1-15(2)22(23(28)25-20-11-9-19(24)10-12-20)26-21(27)14-16-7-8-17-5-3-4-6-18(17)13-16/h3-13,15,22H,14H2,1-2H3,(H,25,28)(H,26,27). The average molecular weight is 378 g/mol. The lowest BCUT2D eigenvalue weighted by Crippen LogP contribution is -2.47. The Hall–Kier alpha value is -3.21. The maximum atomic E-state index is 13.0. The molecule has 3 aromatic rings. The molecule has 0 saturated heterocycles. The van der Waals surface area contributed by atoms with Crippen molar-refractivity contribution in [2.75, 3.05) is 5.32 Å². The van der Waals surface area contributed by atoms with Gasteiger partial charge in [-0.15, -0.1) is 0 Å². The molecule has 0 aliphatic heterocycles. The van der Waals surface area contributed by atoms with E-state index in [0.29, 0.717) is 5.69 Å². The van der Waals surface area contributed by atoms with Gasteiger partial charge in [-0.3, -0.25) is 9.59 Å². The third-order valence-corrected chi connectivity index (χ3v) is 4.56. The highest BCUT2D eigenvalue weighted by atomic mass is 19.1. The summed E-state index contributed by atoms with van der Waals surface area (Å²) in [6, 6.07) is 18.7. The SMILES string of the molecule is CC(C)C(NC(=O)Cc1ccc2ccccc2c1)C(=O)Nc1ccc(F)cc1. The summed E-state index contributed by atoms with van der Waals surface area (Å²) in [4.78, 5) is 25.1. The topological polar surface area (TPSA) is 58.2 Å². The monoisotopic (exact) mass is 378 g/mol. The van der Waals surface area contributed by atoms with Gasteiger partial charge >= 0.3 is 0 Å². The summed E-state index contributed by atoms with van der Waals surface area (Å²) in [5.74, 6) is -1.01. The van der Waals surface area contributed by atoms with Crippen molar-refractivity contribution in [3.63, 3.8) is 0 Å². The van der Waals surface area contributed by atoms with Crippen LogP contribution in [0.25, 0.3) is 10.8 Å². The molecule has 0 bridgehead atoms. The average Bonchev–Trinajstić information content (AvgIpc) is 2.67. The third-order valence-electron chi connectivity index (χ3n) is 4.56. The van der Waals surface area contributed by atoms with Gasteiger partial charge in [0.1, 0.15) is 11.9 Å². The first-order valence-corrected chi connectivity index (χ1v) is 9.26. The molecule has 0 aliphatic carbocycles. The molecule has 0 spiro atoms. The molecular weight excluding hydrogens is 355 g/mol. The van der Waals surface area contributed by atoms with E-state index in [2.05, 4.69) is 10.6 Å². The molecule has 28 heavy (non-hydrogen) atoms. The van der Waals surface area contributed by atoms with Crippen molar-refractivity contribution >= 4 is 28.3 Å². The number of halogens is 1. The highest BCUT2D eigenvalue weighted by Gasteiger charge is 2.24. The number of nitrogens with one attached hydrogen (secondary N) is 2. The minimum Gasteiger partial charge on any atom is -0.344 e. The van der Waals surface area contributed by atoms with Crippen LogP contribution in [0.1, 0.15) is 19.4 Å². The quantitative estimate of drug-likeness (QED) is 0.672. The first-order chi connectivity index (χ1) is 13.4. The molecule has 2 amide bonds. The maximum absolute atomic E-state index is 13.0. The van der Waals surface area contributed by atoms with Gasteiger partial charge in [0.15, 0.2) is 0 Å². The zero-order chi connectivity index (χ0) is 20.1. The lowest BCUT2D eigenvalue weighted by molar-refractivity contribution is -0.127. The van der Waals surface area contributed by atoms with Gasteiger partial charge in [0, 0.05) is 5.69 Å². The van der Waals surface area contributed by atoms with Crippen LogP contribution >= 0.6 is 0 Å². The Kier molecular flexibility index (Phi) is 6.04. The zero-order valence-electron chi connectivity index (χ0n) is 15.9. The van der Waals surface area contributed by atoms with Crippen molar-refractivity contribution in [3.8, 4) is 0 Å². The molecule has 0 fully saturated rings. The van der Waals surface area contributed by atoms with Gasteiger partial charge < -0.3 is 10.6 Å². The molecule has 1 atom stereocenters. The fourth-order valence-corrected chi connectivity index (χ4v) is 3.05. The van der Waals surface area contributed by atoms with E-state index in [1.165, 1.54) is 24.3 Å². The molecule has 0 saturated carbocycles. The van der Waals surface area contributed by atoms with Crippen molar-refractivity contribution in [2.45, 2.75) is 26.3 Å². The van der Waals surface area contributed by atoms with E-state index < -0.39 is 6.04 Å². The Labute approximate surface area is 163 Å². The molecule has 144 valence electrons. The van der Waals surface area contributed by atoms with Crippen LogP contribution in [-0.4, -0.2) is 17.9 Å². The van der Waals surface area contributed by atoms with E-state index in [0.717, 1.165) is 16.3 Å². The molecule has 4 nitrogen and oxygen atoms in total. The van der Waals surface area contributed by atoms with Crippen LogP contribution in [0.15, 0.2) is 66.7 Å². The van der Waals surface area contributed by atoms with Crippen molar-refractivity contribution in [1.82, 2.24) is 5.32 Å². The molecule has 0 aromatic heterocycles. The summed E-state index contributed by atoms with van der Waals surface area (Å²) >= 11 is 0. The van der Waals surface area contributed by atoms with Crippen LogP contribution < -0.4 is 10.6 Å². The summed E-state index contributed by atoms with van der Waals surface area (Å²) in [7, 11) is 0. The van der Waals surface area contributed by atoms with Crippen LogP contribution in [0.4, 0.5) is 10.1 Å². The van der Waals surface area contributed by atoms with Crippen LogP contribution in [0.5, 0.6) is 0 Å². The highest BCUT2D eigenvalue weighted by Crippen LogP contribution is 2.16. The van der Waals surface area contributed by atoms with Gasteiger partial charge in [0.2, 0.25) is 11.8 Å². The van der Waals surface area contributed by atoms with Crippen LogP contribution in [0.2, 0.25) is 0 Å². The molecule has 0 radical (unpaired) electrons. The number of hydrogen-bond acceptors (Lipinski definition) is 2. The smallest absolute Gasteiger partial charge is 0.247 e. The Balaban J connectivity index is 1.66. The normalized spacial score (nSPS) is 12.0. The van der Waals surface area contributed by atoms with E-state index in [1.807, 2.05) is 56.3 Å².